The van der Waals surface area contributed by atoms with Crippen molar-refractivity contribution in [3.8, 4) is 16.9 Å². The molecule has 0 bridgehead atoms. The van der Waals surface area contributed by atoms with Gasteiger partial charge in [-0.25, -0.2) is 9.59 Å². The lowest BCUT2D eigenvalue weighted by Gasteiger charge is -2.19. The molecule has 0 heterocycles. The highest BCUT2D eigenvalue weighted by molar-refractivity contribution is 5.89. The molecule has 0 saturated carbocycles. The van der Waals surface area contributed by atoms with Crippen molar-refractivity contribution in [2.75, 3.05) is 13.2 Å². The third-order valence-electron chi connectivity index (χ3n) is 3.32. The molecule has 0 aliphatic carbocycles. The van der Waals surface area contributed by atoms with Crippen molar-refractivity contribution in [3.63, 3.8) is 0 Å². The molecule has 0 saturated heterocycles. The summed E-state index contributed by atoms with van der Waals surface area (Å²) in [6, 6.07) is 14.1. The first-order chi connectivity index (χ1) is 12.2. The second-order valence-electron chi connectivity index (χ2n) is 6.69. The topological polar surface area (TPSA) is 84.9 Å². The van der Waals surface area contributed by atoms with Gasteiger partial charge in [0.1, 0.15) is 18.0 Å². The number of hydrogen-bond donors (Lipinski definition) is 2. The SMILES string of the molecule is CC(C)(C)OC(=O)NCCOc1cccc(-c2cccc(C(=O)O)c2)c1. The lowest BCUT2D eigenvalue weighted by atomic mass is 10.0. The first kappa shape index (κ1) is 19.3. The van der Waals surface area contributed by atoms with Crippen LogP contribution in [0, 0.1) is 0 Å². The van der Waals surface area contributed by atoms with E-state index in [0.29, 0.717) is 12.3 Å². The zero-order valence-corrected chi connectivity index (χ0v) is 15.1. The van der Waals surface area contributed by atoms with E-state index in [0.717, 1.165) is 11.1 Å². The number of benzene rings is 2. The van der Waals surface area contributed by atoms with Crippen LogP contribution in [-0.2, 0) is 4.74 Å². The van der Waals surface area contributed by atoms with Gasteiger partial charge in [-0.1, -0.05) is 24.3 Å². The molecule has 0 spiro atoms. The van der Waals surface area contributed by atoms with Gasteiger partial charge >= 0.3 is 12.1 Å². The van der Waals surface area contributed by atoms with Gasteiger partial charge in [0.05, 0.1) is 12.1 Å². The molecule has 138 valence electrons. The summed E-state index contributed by atoms with van der Waals surface area (Å²) in [6.45, 7) is 6.00. The van der Waals surface area contributed by atoms with Crippen molar-refractivity contribution in [1.29, 1.82) is 0 Å². The van der Waals surface area contributed by atoms with Gasteiger partial charge in [0.25, 0.3) is 0 Å². The third kappa shape index (κ3) is 6.12. The third-order valence-corrected chi connectivity index (χ3v) is 3.32. The first-order valence-electron chi connectivity index (χ1n) is 8.28. The van der Waals surface area contributed by atoms with Crippen LogP contribution in [0.3, 0.4) is 0 Å². The summed E-state index contributed by atoms with van der Waals surface area (Å²) in [4.78, 5) is 22.7. The van der Waals surface area contributed by atoms with Crippen LogP contribution in [0.2, 0.25) is 0 Å². The number of rotatable bonds is 6. The monoisotopic (exact) mass is 357 g/mol. The van der Waals surface area contributed by atoms with Gasteiger partial charge in [-0.05, 0) is 56.2 Å². The molecule has 1 amide bonds. The quantitative estimate of drug-likeness (QED) is 0.765. The lowest BCUT2D eigenvalue weighted by Crippen LogP contribution is -2.34. The molecule has 0 aromatic heterocycles. The molecule has 0 fully saturated rings. The summed E-state index contributed by atoms with van der Waals surface area (Å²) < 4.78 is 10.8. The van der Waals surface area contributed by atoms with Crippen LogP contribution in [0.4, 0.5) is 4.79 Å². The van der Waals surface area contributed by atoms with Crippen molar-refractivity contribution < 1.29 is 24.2 Å². The molecule has 2 rings (SSSR count). The van der Waals surface area contributed by atoms with E-state index in [1.165, 1.54) is 0 Å². The van der Waals surface area contributed by atoms with Crippen LogP contribution >= 0.6 is 0 Å². The molecular formula is C20H23NO5. The lowest BCUT2D eigenvalue weighted by molar-refractivity contribution is 0.0519. The van der Waals surface area contributed by atoms with Crippen molar-refractivity contribution >= 4 is 12.1 Å². The second-order valence-corrected chi connectivity index (χ2v) is 6.69. The highest BCUT2D eigenvalue weighted by Gasteiger charge is 2.15. The van der Waals surface area contributed by atoms with Gasteiger partial charge in [-0.3, -0.25) is 0 Å². The number of carbonyl (C=O) groups is 2. The number of hydrogen-bond acceptors (Lipinski definition) is 4. The Labute approximate surface area is 152 Å². The standard InChI is InChI=1S/C20H23NO5/c1-20(2,3)26-19(24)21-10-11-25-17-9-5-7-15(13-17)14-6-4-8-16(12-14)18(22)23/h4-9,12-13H,10-11H2,1-3H3,(H,21,24)(H,22,23). The molecule has 6 nitrogen and oxygen atoms in total. The number of aromatic carboxylic acids is 1. The number of alkyl carbamates (subject to hydrolysis) is 1. The Morgan fingerprint density at radius 3 is 2.35 bits per heavy atom. The van der Waals surface area contributed by atoms with Gasteiger partial charge in [0.15, 0.2) is 0 Å². The number of amides is 1. The van der Waals surface area contributed by atoms with Crippen LogP contribution < -0.4 is 10.1 Å². The highest BCUT2D eigenvalue weighted by atomic mass is 16.6. The van der Waals surface area contributed by atoms with Crippen LogP contribution in [-0.4, -0.2) is 35.9 Å². The zero-order valence-electron chi connectivity index (χ0n) is 15.1. The molecule has 0 radical (unpaired) electrons. The highest BCUT2D eigenvalue weighted by Crippen LogP contribution is 2.24. The van der Waals surface area contributed by atoms with E-state index < -0.39 is 17.7 Å². The molecule has 0 aliphatic rings. The predicted octanol–water partition coefficient (Wildman–Crippen LogP) is 3.96. The van der Waals surface area contributed by atoms with Crippen LogP contribution in [0.25, 0.3) is 11.1 Å². The minimum absolute atomic E-state index is 0.232. The van der Waals surface area contributed by atoms with Crippen molar-refractivity contribution in [2.45, 2.75) is 26.4 Å². The normalized spacial score (nSPS) is 10.9. The van der Waals surface area contributed by atoms with E-state index >= 15 is 0 Å². The summed E-state index contributed by atoms with van der Waals surface area (Å²) in [5, 5.41) is 11.7. The number of carbonyl (C=O) groups excluding carboxylic acids is 1. The Bertz CT molecular complexity index is 780. The Balaban J connectivity index is 1.92. The molecular weight excluding hydrogens is 334 g/mol. The van der Waals surface area contributed by atoms with E-state index in [9.17, 15) is 9.59 Å². The Morgan fingerprint density at radius 1 is 1.04 bits per heavy atom. The van der Waals surface area contributed by atoms with E-state index in [1.54, 1.807) is 45.0 Å². The molecule has 0 unspecified atom stereocenters. The minimum atomic E-state index is -0.965. The van der Waals surface area contributed by atoms with E-state index in [1.807, 2.05) is 24.3 Å². The zero-order chi connectivity index (χ0) is 19.2. The smallest absolute Gasteiger partial charge is 0.407 e. The number of nitrogens with one attached hydrogen (secondary N) is 1. The molecule has 0 aliphatic heterocycles. The van der Waals surface area contributed by atoms with Crippen molar-refractivity contribution in [3.05, 3.63) is 54.1 Å². The summed E-state index contributed by atoms with van der Waals surface area (Å²) in [6.07, 6.45) is -0.486. The summed E-state index contributed by atoms with van der Waals surface area (Å²) >= 11 is 0. The van der Waals surface area contributed by atoms with Crippen LogP contribution in [0.1, 0.15) is 31.1 Å². The molecule has 2 N–H and O–H groups in total. The number of ether oxygens (including phenoxy) is 2. The Hall–Kier alpha value is -3.02. The summed E-state index contributed by atoms with van der Waals surface area (Å²) in [5.41, 5.74) is 1.34. The Kier molecular flexibility index (Phi) is 6.22. The fraction of sp³-hybridized carbons (Fsp3) is 0.300. The maximum atomic E-state index is 11.6. The van der Waals surface area contributed by atoms with E-state index in [2.05, 4.69) is 5.32 Å². The largest absolute Gasteiger partial charge is 0.492 e. The average Bonchev–Trinajstić information content (AvgIpc) is 2.57. The molecule has 26 heavy (non-hydrogen) atoms. The second kappa shape index (κ2) is 8.38. The van der Waals surface area contributed by atoms with E-state index in [4.69, 9.17) is 14.6 Å². The number of carboxylic acids is 1. The van der Waals surface area contributed by atoms with E-state index in [-0.39, 0.29) is 12.2 Å². The average molecular weight is 357 g/mol. The maximum Gasteiger partial charge on any atom is 0.407 e. The minimum Gasteiger partial charge on any atom is -0.492 e. The van der Waals surface area contributed by atoms with Crippen molar-refractivity contribution in [1.82, 2.24) is 5.32 Å². The molecule has 6 heteroatoms. The summed E-state index contributed by atoms with van der Waals surface area (Å²) in [5.74, 6) is -0.332. The van der Waals surface area contributed by atoms with Crippen LogP contribution in [0.5, 0.6) is 5.75 Å². The predicted molar refractivity (Wildman–Crippen MR) is 98.6 cm³/mol. The van der Waals surface area contributed by atoms with Gasteiger partial charge in [-0.15, -0.1) is 0 Å². The van der Waals surface area contributed by atoms with Crippen molar-refractivity contribution in [2.24, 2.45) is 0 Å². The first-order valence-corrected chi connectivity index (χ1v) is 8.28. The molecule has 0 atom stereocenters. The molecule has 2 aromatic rings. The van der Waals surface area contributed by atoms with Gasteiger partial charge in [0.2, 0.25) is 0 Å². The molecule has 2 aromatic carbocycles. The fourth-order valence-corrected chi connectivity index (χ4v) is 2.23. The van der Waals surface area contributed by atoms with Crippen LogP contribution in [0.15, 0.2) is 48.5 Å². The summed E-state index contributed by atoms with van der Waals surface area (Å²) in [7, 11) is 0. The van der Waals surface area contributed by atoms with Gasteiger partial charge in [-0.2, -0.15) is 0 Å². The van der Waals surface area contributed by atoms with Gasteiger partial charge < -0.3 is 19.9 Å². The number of carboxylic acid groups (broad SMARTS) is 1. The maximum absolute atomic E-state index is 11.6. The fourth-order valence-electron chi connectivity index (χ4n) is 2.23. The Morgan fingerprint density at radius 2 is 1.69 bits per heavy atom. The van der Waals surface area contributed by atoms with Gasteiger partial charge in [0, 0.05) is 0 Å².